The van der Waals surface area contributed by atoms with Crippen molar-refractivity contribution in [1.82, 2.24) is 10.3 Å². The van der Waals surface area contributed by atoms with Crippen molar-refractivity contribution in [1.29, 1.82) is 0 Å². The molecule has 2 aromatic heterocycles. The highest BCUT2D eigenvalue weighted by Crippen LogP contribution is 2.35. The van der Waals surface area contributed by atoms with E-state index in [2.05, 4.69) is 10.3 Å². The van der Waals surface area contributed by atoms with Gasteiger partial charge >= 0.3 is 5.97 Å². The van der Waals surface area contributed by atoms with Crippen LogP contribution in [0.4, 0.5) is 10.2 Å². The van der Waals surface area contributed by atoms with E-state index in [1.807, 2.05) is 0 Å². The molecule has 0 atom stereocenters. The molecule has 0 saturated carbocycles. The molecule has 0 saturated heterocycles. The zero-order valence-electron chi connectivity index (χ0n) is 19.0. The number of carboxylic acid groups (broad SMARTS) is 1. The number of unbranched alkanes of at least 4 members (excludes halogenated alkanes) is 2. The third kappa shape index (κ3) is 7.29. The van der Waals surface area contributed by atoms with Gasteiger partial charge in [-0.2, -0.15) is 8.42 Å². The summed E-state index contributed by atoms with van der Waals surface area (Å²) in [5, 5.41) is 13.3. The van der Waals surface area contributed by atoms with Crippen LogP contribution < -0.4 is 10.2 Å². The maximum atomic E-state index is 14.2. The molecule has 0 fully saturated rings. The summed E-state index contributed by atoms with van der Waals surface area (Å²) in [6, 6.07) is 7.54. The van der Waals surface area contributed by atoms with Gasteiger partial charge in [0, 0.05) is 29.6 Å². The molecule has 0 aliphatic carbocycles. The predicted molar refractivity (Wildman–Crippen MR) is 133 cm³/mol. The van der Waals surface area contributed by atoms with Crippen molar-refractivity contribution in [2.24, 2.45) is 0 Å². The molecule has 0 bridgehead atoms. The van der Waals surface area contributed by atoms with E-state index in [1.165, 1.54) is 28.4 Å². The number of carboxylic acids is 1. The van der Waals surface area contributed by atoms with Gasteiger partial charge in [-0.05, 0) is 53.6 Å². The van der Waals surface area contributed by atoms with Gasteiger partial charge in [0.15, 0.2) is 0 Å². The van der Waals surface area contributed by atoms with E-state index >= 15 is 0 Å². The van der Waals surface area contributed by atoms with E-state index in [4.69, 9.17) is 9.66 Å². The molecule has 3 aromatic rings. The lowest BCUT2D eigenvalue weighted by Crippen LogP contribution is -2.30. The summed E-state index contributed by atoms with van der Waals surface area (Å²) in [7, 11) is -4.28. The average Bonchev–Trinajstić information content (AvgIpc) is 3.31. The number of nitrogens with zero attached hydrogens (tertiary/aromatic N) is 2. The summed E-state index contributed by atoms with van der Waals surface area (Å²) < 4.78 is 45.7. The zero-order valence-corrected chi connectivity index (χ0v) is 20.6. The molecule has 2 heterocycles. The standard InChI is InChI=1S/C23H24FN3O7S2/c24-18-6-5-16(22-17(18)7-10-35-22)15-12-19(23(31)25-8-11-36(32,33)34)26-20(13-15)27(14-28)9-3-1-2-4-21(29)30/h5-7,10,12-14H,1-4,8-9,11H2,(H,25,31)(H,29,30)(H,32,33,34). The largest absolute Gasteiger partial charge is 0.481 e. The molecular formula is C23H24FN3O7S2. The first-order valence-corrected chi connectivity index (χ1v) is 13.4. The van der Waals surface area contributed by atoms with Crippen LogP contribution in [0, 0.1) is 5.82 Å². The molecule has 0 unspecified atom stereocenters. The van der Waals surface area contributed by atoms with Gasteiger partial charge in [-0.1, -0.05) is 12.5 Å². The maximum Gasteiger partial charge on any atom is 0.303 e. The Balaban J connectivity index is 1.94. The third-order valence-electron chi connectivity index (χ3n) is 5.28. The highest BCUT2D eigenvalue weighted by atomic mass is 32.2. The molecule has 1 aromatic carbocycles. The molecule has 0 radical (unpaired) electrons. The summed E-state index contributed by atoms with van der Waals surface area (Å²) >= 11 is 1.31. The average molecular weight is 538 g/mol. The lowest BCUT2D eigenvalue weighted by atomic mass is 10.0. The fraction of sp³-hybridized carbons (Fsp3) is 0.304. The molecule has 2 amide bonds. The fourth-order valence-corrected chi connectivity index (χ4v) is 4.84. The summed E-state index contributed by atoms with van der Waals surface area (Å²) in [5.74, 6) is -2.56. The van der Waals surface area contributed by atoms with E-state index in [9.17, 15) is 27.2 Å². The number of benzene rings is 1. The molecule has 0 spiro atoms. The number of hydrogen-bond donors (Lipinski definition) is 3. The summed E-state index contributed by atoms with van der Waals surface area (Å²) in [4.78, 5) is 40.8. The first-order valence-electron chi connectivity index (χ1n) is 10.9. The monoisotopic (exact) mass is 537 g/mol. The van der Waals surface area contributed by atoms with Crippen LogP contribution in [0.5, 0.6) is 0 Å². The van der Waals surface area contributed by atoms with Crippen molar-refractivity contribution in [3.63, 3.8) is 0 Å². The topological polar surface area (TPSA) is 154 Å². The SMILES string of the molecule is O=CN(CCCCCC(=O)O)c1cc(-c2ccc(F)c3ccsc23)cc(C(=O)NCCS(=O)(=O)O)n1. The van der Waals surface area contributed by atoms with Crippen LogP contribution in [0.15, 0.2) is 35.7 Å². The molecule has 0 aliphatic rings. The van der Waals surface area contributed by atoms with Crippen LogP contribution >= 0.6 is 11.3 Å². The number of amides is 2. The van der Waals surface area contributed by atoms with Gasteiger partial charge in [0.1, 0.15) is 17.3 Å². The van der Waals surface area contributed by atoms with Crippen molar-refractivity contribution in [2.75, 3.05) is 23.7 Å². The lowest BCUT2D eigenvalue weighted by Gasteiger charge is -2.19. The third-order valence-corrected chi connectivity index (χ3v) is 6.94. The second-order valence-electron chi connectivity index (χ2n) is 7.90. The molecular weight excluding hydrogens is 513 g/mol. The molecule has 13 heteroatoms. The smallest absolute Gasteiger partial charge is 0.303 e. The predicted octanol–water partition coefficient (Wildman–Crippen LogP) is 3.33. The molecule has 36 heavy (non-hydrogen) atoms. The highest BCUT2D eigenvalue weighted by molar-refractivity contribution is 7.85. The van der Waals surface area contributed by atoms with Gasteiger partial charge in [0.2, 0.25) is 6.41 Å². The molecule has 10 nitrogen and oxygen atoms in total. The number of halogens is 1. The number of pyridine rings is 1. The summed E-state index contributed by atoms with van der Waals surface area (Å²) in [6.07, 6.45) is 2.08. The Hall–Kier alpha value is -3.42. The van der Waals surface area contributed by atoms with Gasteiger partial charge in [-0.3, -0.25) is 23.8 Å². The van der Waals surface area contributed by atoms with Crippen molar-refractivity contribution >= 4 is 55.6 Å². The molecule has 192 valence electrons. The number of hydrogen-bond acceptors (Lipinski definition) is 7. The number of carbonyl (C=O) groups excluding carboxylic acids is 2. The quantitative estimate of drug-likeness (QED) is 0.170. The number of thiophene rings is 1. The minimum atomic E-state index is -4.28. The maximum absolute atomic E-state index is 14.2. The molecule has 0 aliphatic heterocycles. The van der Waals surface area contributed by atoms with Gasteiger partial charge in [-0.25, -0.2) is 9.37 Å². The highest BCUT2D eigenvalue weighted by Gasteiger charge is 2.18. The van der Waals surface area contributed by atoms with Crippen LogP contribution in [0.25, 0.3) is 21.2 Å². The minimum Gasteiger partial charge on any atom is -0.481 e. The first-order chi connectivity index (χ1) is 17.1. The Morgan fingerprint density at radius 1 is 1.17 bits per heavy atom. The Kier molecular flexibility index (Phi) is 9.07. The molecule has 3 rings (SSSR count). The number of aromatic nitrogens is 1. The first kappa shape index (κ1) is 27.2. The number of aliphatic carboxylic acids is 1. The Morgan fingerprint density at radius 2 is 1.94 bits per heavy atom. The minimum absolute atomic E-state index is 0.0179. The van der Waals surface area contributed by atoms with Gasteiger partial charge in [0.25, 0.3) is 16.0 Å². The van der Waals surface area contributed by atoms with E-state index < -0.39 is 33.6 Å². The van der Waals surface area contributed by atoms with Crippen molar-refractivity contribution in [3.05, 3.63) is 47.2 Å². The van der Waals surface area contributed by atoms with Gasteiger partial charge in [0.05, 0.1) is 5.75 Å². The van der Waals surface area contributed by atoms with Crippen molar-refractivity contribution in [3.8, 4) is 11.1 Å². The van der Waals surface area contributed by atoms with Crippen LogP contribution in [-0.4, -0.2) is 60.2 Å². The van der Waals surface area contributed by atoms with Gasteiger partial charge < -0.3 is 10.4 Å². The fourth-order valence-electron chi connectivity index (χ4n) is 3.53. The molecule has 3 N–H and O–H groups in total. The number of carbonyl (C=O) groups is 3. The summed E-state index contributed by atoms with van der Waals surface area (Å²) in [5.41, 5.74) is 0.999. The summed E-state index contributed by atoms with van der Waals surface area (Å²) in [6.45, 7) is -0.132. The van der Waals surface area contributed by atoms with Crippen LogP contribution in [0.3, 0.4) is 0 Å². The van der Waals surface area contributed by atoms with Crippen LogP contribution in [0.1, 0.15) is 36.2 Å². The van der Waals surface area contributed by atoms with Crippen LogP contribution in [-0.2, 0) is 19.7 Å². The Bertz CT molecular complexity index is 1380. The lowest BCUT2D eigenvalue weighted by molar-refractivity contribution is -0.137. The van der Waals surface area contributed by atoms with E-state index in [0.717, 1.165) is 0 Å². The van der Waals surface area contributed by atoms with Gasteiger partial charge in [-0.15, -0.1) is 11.3 Å². The van der Waals surface area contributed by atoms with Crippen LogP contribution in [0.2, 0.25) is 0 Å². The number of anilines is 1. The number of rotatable bonds is 13. The number of fused-ring (bicyclic) bond motifs is 1. The van der Waals surface area contributed by atoms with Crippen molar-refractivity contribution < 1.29 is 36.9 Å². The Labute approximate surface area is 210 Å². The zero-order chi connectivity index (χ0) is 26.3. The van der Waals surface area contributed by atoms with E-state index in [1.54, 1.807) is 23.6 Å². The second kappa shape index (κ2) is 12.0. The normalized spacial score (nSPS) is 11.4. The van der Waals surface area contributed by atoms with Crippen molar-refractivity contribution in [2.45, 2.75) is 25.7 Å². The van der Waals surface area contributed by atoms with E-state index in [0.29, 0.717) is 46.9 Å². The number of nitrogens with one attached hydrogen (secondary N) is 1. The van der Waals surface area contributed by atoms with E-state index in [-0.39, 0.29) is 31.0 Å². The second-order valence-corrected chi connectivity index (χ2v) is 10.4. The Morgan fingerprint density at radius 3 is 2.64 bits per heavy atom.